The first-order valence-corrected chi connectivity index (χ1v) is 10.7. The number of hydrogen-bond acceptors (Lipinski definition) is 5. The van der Waals surface area contributed by atoms with Gasteiger partial charge < -0.3 is 28.8 Å². The minimum atomic E-state index is -0.460. The number of methoxy groups -OCH3 is 2. The number of rotatable bonds is 6. The molecule has 31 heavy (non-hydrogen) atoms. The number of quaternary nitrogens is 2. The van der Waals surface area contributed by atoms with Gasteiger partial charge in [0.15, 0.2) is 5.58 Å². The summed E-state index contributed by atoms with van der Waals surface area (Å²) in [5, 5.41) is 11.3. The van der Waals surface area contributed by atoms with Gasteiger partial charge in [-0.25, -0.2) is 4.79 Å². The summed E-state index contributed by atoms with van der Waals surface area (Å²) >= 11 is 0. The summed E-state index contributed by atoms with van der Waals surface area (Å²) in [4.78, 5) is 15.9. The molecule has 0 atom stereocenters. The molecule has 1 saturated heterocycles. The van der Waals surface area contributed by atoms with Crippen molar-refractivity contribution in [2.45, 2.75) is 13.5 Å². The maximum absolute atomic E-state index is 12.9. The van der Waals surface area contributed by atoms with Crippen LogP contribution in [0.15, 0.2) is 45.6 Å². The maximum Gasteiger partial charge on any atom is 0.344 e. The van der Waals surface area contributed by atoms with E-state index in [1.165, 1.54) is 4.90 Å². The first kappa shape index (κ1) is 21.2. The van der Waals surface area contributed by atoms with Gasteiger partial charge in [-0.2, -0.15) is 0 Å². The summed E-state index contributed by atoms with van der Waals surface area (Å²) in [5.41, 5.74) is 1.74. The van der Waals surface area contributed by atoms with Gasteiger partial charge in [-0.15, -0.1) is 0 Å². The summed E-state index contributed by atoms with van der Waals surface area (Å²) < 4.78 is 16.5. The number of benzene rings is 2. The Kier molecular flexibility index (Phi) is 6.15. The molecule has 1 aliphatic heterocycles. The summed E-state index contributed by atoms with van der Waals surface area (Å²) in [7, 11) is 3.14. The highest BCUT2D eigenvalue weighted by atomic mass is 16.5. The van der Waals surface area contributed by atoms with E-state index in [0.717, 1.165) is 38.1 Å². The second-order valence-electron chi connectivity index (χ2n) is 8.03. The molecule has 3 N–H and O–H groups in total. The zero-order valence-corrected chi connectivity index (χ0v) is 18.3. The predicted octanol–water partition coefficient (Wildman–Crippen LogP) is 0.486. The standard InChI is InChI=1S/C24H28N2O5/c1-4-25-9-11-26(12-10-25)15-20-21(27)8-5-16-13-19(24(28)31-23(16)20)18-7-6-17(29-2)14-22(18)30-3/h5-8,13-14,27H,4,9-12,15H2,1-3H3/p+2. The molecular weight excluding hydrogens is 396 g/mol. The van der Waals surface area contributed by atoms with Crippen LogP contribution < -0.4 is 24.9 Å². The fourth-order valence-electron chi connectivity index (χ4n) is 4.35. The van der Waals surface area contributed by atoms with Gasteiger partial charge in [0.2, 0.25) is 0 Å². The highest BCUT2D eigenvalue weighted by Crippen LogP contribution is 2.34. The van der Waals surface area contributed by atoms with Crippen molar-refractivity contribution in [2.24, 2.45) is 0 Å². The smallest absolute Gasteiger partial charge is 0.344 e. The Morgan fingerprint density at radius 2 is 1.71 bits per heavy atom. The van der Waals surface area contributed by atoms with E-state index in [0.29, 0.717) is 40.3 Å². The highest BCUT2D eigenvalue weighted by Gasteiger charge is 2.25. The quantitative estimate of drug-likeness (QED) is 0.500. The van der Waals surface area contributed by atoms with Gasteiger partial charge in [0.05, 0.1) is 31.9 Å². The van der Waals surface area contributed by atoms with Gasteiger partial charge in [-0.05, 0) is 37.3 Å². The zero-order valence-electron chi connectivity index (χ0n) is 18.3. The van der Waals surface area contributed by atoms with Crippen LogP contribution in [0.5, 0.6) is 17.2 Å². The number of fused-ring (bicyclic) bond motifs is 1. The number of aromatic hydroxyl groups is 1. The number of ether oxygens (including phenoxy) is 2. The maximum atomic E-state index is 12.9. The van der Waals surface area contributed by atoms with Crippen LogP contribution in [0, 0.1) is 0 Å². The number of nitrogens with one attached hydrogen (secondary N) is 2. The molecule has 0 unspecified atom stereocenters. The molecule has 0 spiro atoms. The Balaban J connectivity index is 1.73. The van der Waals surface area contributed by atoms with Gasteiger partial charge in [-0.3, -0.25) is 0 Å². The molecule has 1 fully saturated rings. The molecule has 0 radical (unpaired) electrons. The van der Waals surface area contributed by atoms with Gasteiger partial charge in [-0.1, -0.05) is 0 Å². The highest BCUT2D eigenvalue weighted by molar-refractivity contribution is 5.86. The van der Waals surface area contributed by atoms with Gasteiger partial charge in [0.1, 0.15) is 50.0 Å². The molecule has 1 aromatic heterocycles. The number of phenols is 1. The third-order valence-corrected chi connectivity index (χ3v) is 6.27. The van der Waals surface area contributed by atoms with E-state index in [2.05, 4.69) is 6.92 Å². The lowest BCUT2D eigenvalue weighted by atomic mass is 10.0. The second kappa shape index (κ2) is 8.99. The van der Waals surface area contributed by atoms with E-state index in [-0.39, 0.29) is 5.75 Å². The van der Waals surface area contributed by atoms with Crippen molar-refractivity contribution >= 4 is 11.0 Å². The fourth-order valence-corrected chi connectivity index (χ4v) is 4.35. The van der Waals surface area contributed by atoms with Crippen molar-refractivity contribution in [3.05, 3.63) is 52.4 Å². The van der Waals surface area contributed by atoms with E-state index in [1.807, 2.05) is 6.07 Å². The van der Waals surface area contributed by atoms with Crippen LogP contribution in [0.2, 0.25) is 0 Å². The van der Waals surface area contributed by atoms with Crippen LogP contribution in [0.4, 0.5) is 0 Å². The first-order valence-electron chi connectivity index (χ1n) is 10.7. The van der Waals surface area contributed by atoms with E-state index in [4.69, 9.17) is 13.9 Å². The number of piperazine rings is 1. The Hall–Kier alpha value is -3.03. The van der Waals surface area contributed by atoms with Crippen molar-refractivity contribution in [3.8, 4) is 28.4 Å². The third kappa shape index (κ3) is 4.24. The lowest BCUT2D eigenvalue weighted by molar-refractivity contribution is -1.02. The normalized spacial score (nSPS) is 18.8. The Morgan fingerprint density at radius 1 is 0.968 bits per heavy atom. The van der Waals surface area contributed by atoms with Gasteiger partial charge >= 0.3 is 5.63 Å². The van der Waals surface area contributed by atoms with E-state index < -0.39 is 5.63 Å². The Bertz CT molecular complexity index is 1130. The van der Waals surface area contributed by atoms with Crippen LogP contribution in [0.25, 0.3) is 22.1 Å². The first-order chi connectivity index (χ1) is 15.0. The van der Waals surface area contributed by atoms with E-state index >= 15 is 0 Å². The van der Waals surface area contributed by atoms with Crippen molar-refractivity contribution < 1.29 is 28.8 Å². The molecule has 1 aliphatic rings. The lowest BCUT2D eigenvalue weighted by Gasteiger charge is -2.29. The van der Waals surface area contributed by atoms with Crippen molar-refractivity contribution in [1.82, 2.24) is 0 Å². The number of phenolic OH excluding ortho intramolecular Hbond substituents is 1. The van der Waals surface area contributed by atoms with Crippen LogP contribution in [-0.2, 0) is 6.54 Å². The van der Waals surface area contributed by atoms with Crippen LogP contribution in [0.3, 0.4) is 0 Å². The molecule has 0 bridgehead atoms. The Labute approximate surface area is 181 Å². The molecule has 7 heteroatoms. The molecule has 164 valence electrons. The van der Waals surface area contributed by atoms with Crippen LogP contribution in [0.1, 0.15) is 12.5 Å². The second-order valence-corrected chi connectivity index (χ2v) is 8.03. The molecule has 3 aromatic rings. The predicted molar refractivity (Wildman–Crippen MR) is 118 cm³/mol. The minimum absolute atomic E-state index is 0.170. The Morgan fingerprint density at radius 3 is 2.39 bits per heavy atom. The fraction of sp³-hybridized carbons (Fsp3) is 0.375. The minimum Gasteiger partial charge on any atom is -0.507 e. The molecule has 7 nitrogen and oxygen atoms in total. The van der Waals surface area contributed by atoms with Crippen molar-refractivity contribution in [2.75, 3.05) is 46.9 Å². The zero-order chi connectivity index (χ0) is 22.0. The largest absolute Gasteiger partial charge is 0.507 e. The molecule has 4 rings (SSSR count). The number of likely N-dealkylation sites (N-methyl/N-ethyl adjacent to an activating group) is 1. The number of hydrogen-bond donors (Lipinski definition) is 3. The van der Waals surface area contributed by atoms with Gasteiger partial charge in [0.25, 0.3) is 0 Å². The molecule has 0 saturated carbocycles. The monoisotopic (exact) mass is 426 g/mol. The lowest BCUT2D eigenvalue weighted by Crippen LogP contribution is -3.27. The summed E-state index contributed by atoms with van der Waals surface area (Å²) in [6, 6.07) is 10.6. The SMILES string of the molecule is CC[NH+]1CC[NH+](Cc2c(O)ccc3cc(-c4ccc(OC)cc4OC)c(=O)oc23)CC1. The molecule has 2 aromatic carbocycles. The van der Waals surface area contributed by atoms with Crippen molar-refractivity contribution in [1.29, 1.82) is 0 Å². The van der Waals surface area contributed by atoms with Gasteiger partial charge in [0, 0.05) is 17.0 Å². The third-order valence-electron chi connectivity index (χ3n) is 6.27. The van der Waals surface area contributed by atoms with Crippen LogP contribution in [-0.4, -0.2) is 52.0 Å². The summed E-state index contributed by atoms with van der Waals surface area (Å²) in [6.07, 6.45) is 0. The van der Waals surface area contributed by atoms with E-state index in [9.17, 15) is 9.90 Å². The molecule has 2 heterocycles. The van der Waals surface area contributed by atoms with Crippen molar-refractivity contribution in [3.63, 3.8) is 0 Å². The molecular formula is C24H30N2O5+2. The van der Waals surface area contributed by atoms with E-state index in [1.54, 1.807) is 49.5 Å². The average Bonchev–Trinajstić information content (AvgIpc) is 2.81. The average molecular weight is 427 g/mol. The van der Waals surface area contributed by atoms with Crippen LogP contribution >= 0.6 is 0 Å². The molecule has 0 aliphatic carbocycles. The summed E-state index contributed by atoms with van der Waals surface area (Å²) in [5.74, 6) is 1.35. The topological polar surface area (TPSA) is 77.8 Å². The molecule has 0 amide bonds. The summed E-state index contributed by atoms with van der Waals surface area (Å²) in [6.45, 7) is 8.27.